The third kappa shape index (κ3) is 6.55. The van der Waals surface area contributed by atoms with Gasteiger partial charge in [0.1, 0.15) is 12.3 Å². The summed E-state index contributed by atoms with van der Waals surface area (Å²) in [6, 6.07) is 12.4. The normalized spacial score (nSPS) is 10.9. The van der Waals surface area contributed by atoms with Gasteiger partial charge in [0.05, 0.1) is 33.3 Å². The molecule has 1 amide bonds. The molecular formula is C21H28N2O6S. The number of sulfonamides is 1. The first-order valence-corrected chi connectivity index (χ1v) is 11.2. The van der Waals surface area contributed by atoms with Crippen LogP contribution in [0.2, 0.25) is 0 Å². The van der Waals surface area contributed by atoms with Crippen molar-refractivity contribution in [1.82, 2.24) is 5.32 Å². The molecule has 0 aliphatic heterocycles. The second-order valence-corrected chi connectivity index (χ2v) is 8.52. The molecule has 0 aliphatic carbocycles. The summed E-state index contributed by atoms with van der Waals surface area (Å²) in [6.07, 6.45) is 2.54. The first-order chi connectivity index (χ1) is 14.3. The third-order valence-electron chi connectivity index (χ3n) is 4.44. The molecule has 0 bridgehead atoms. The minimum Gasteiger partial charge on any atom is -0.497 e. The zero-order valence-electron chi connectivity index (χ0n) is 17.7. The van der Waals surface area contributed by atoms with E-state index in [9.17, 15) is 13.2 Å². The first kappa shape index (κ1) is 23.3. The van der Waals surface area contributed by atoms with Crippen molar-refractivity contribution < 1.29 is 27.4 Å². The van der Waals surface area contributed by atoms with Crippen LogP contribution in [0.15, 0.2) is 42.5 Å². The van der Waals surface area contributed by atoms with Crippen LogP contribution in [0.3, 0.4) is 0 Å². The maximum Gasteiger partial charge on any atom is 0.240 e. The van der Waals surface area contributed by atoms with E-state index < -0.39 is 10.0 Å². The van der Waals surface area contributed by atoms with Crippen LogP contribution in [-0.2, 0) is 21.2 Å². The lowest BCUT2D eigenvalue weighted by Crippen LogP contribution is -2.40. The van der Waals surface area contributed by atoms with Crippen LogP contribution in [0.25, 0.3) is 0 Å². The van der Waals surface area contributed by atoms with Crippen molar-refractivity contribution in [3.8, 4) is 17.2 Å². The van der Waals surface area contributed by atoms with Crippen LogP contribution >= 0.6 is 0 Å². The van der Waals surface area contributed by atoms with E-state index in [-0.39, 0.29) is 12.5 Å². The van der Waals surface area contributed by atoms with Crippen LogP contribution in [-0.4, -0.2) is 55.0 Å². The minimum atomic E-state index is -3.68. The van der Waals surface area contributed by atoms with E-state index in [1.807, 2.05) is 24.3 Å². The fourth-order valence-corrected chi connectivity index (χ4v) is 3.76. The summed E-state index contributed by atoms with van der Waals surface area (Å²) in [5, 5.41) is 2.77. The number of methoxy groups -OCH3 is 3. The fraction of sp³-hybridized carbons (Fsp3) is 0.381. The molecule has 0 heterocycles. The standard InChI is InChI=1S/C21H28N2O6S/c1-27-18-9-5-7-16(13-18)8-6-12-22-21(24)15-23(30(4,25)26)17-10-11-19(28-2)20(14-17)29-3/h5,7,9-11,13-14H,6,8,12,15H2,1-4H3,(H,22,24). The highest BCUT2D eigenvalue weighted by Gasteiger charge is 2.22. The second kappa shape index (κ2) is 10.7. The first-order valence-electron chi connectivity index (χ1n) is 9.38. The summed E-state index contributed by atoms with van der Waals surface area (Å²) in [5.74, 6) is 1.25. The predicted octanol–water partition coefficient (Wildman–Crippen LogP) is 2.23. The zero-order chi connectivity index (χ0) is 22.1. The maximum atomic E-state index is 12.4. The molecule has 2 aromatic rings. The van der Waals surface area contributed by atoms with Crippen molar-refractivity contribution >= 4 is 21.6 Å². The average Bonchev–Trinajstić information content (AvgIpc) is 2.74. The summed E-state index contributed by atoms with van der Waals surface area (Å²) in [6.45, 7) is 0.104. The highest BCUT2D eigenvalue weighted by molar-refractivity contribution is 7.92. The smallest absolute Gasteiger partial charge is 0.240 e. The topological polar surface area (TPSA) is 94.2 Å². The van der Waals surface area contributed by atoms with E-state index in [4.69, 9.17) is 14.2 Å². The Morgan fingerprint density at radius 2 is 1.73 bits per heavy atom. The van der Waals surface area contributed by atoms with E-state index in [0.29, 0.717) is 30.2 Å². The molecule has 2 aromatic carbocycles. The van der Waals surface area contributed by atoms with Gasteiger partial charge in [-0.05, 0) is 42.7 Å². The highest BCUT2D eigenvalue weighted by atomic mass is 32.2. The number of ether oxygens (including phenoxy) is 3. The van der Waals surface area contributed by atoms with Gasteiger partial charge in [0.15, 0.2) is 11.5 Å². The fourth-order valence-electron chi connectivity index (χ4n) is 2.91. The van der Waals surface area contributed by atoms with Crippen LogP contribution < -0.4 is 23.8 Å². The highest BCUT2D eigenvalue weighted by Crippen LogP contribution is 2.32. The Morgan fingerprint density at radius 1 is 1.00 bits per heavy atom. The number of aryl methyl sites for hydroxylation is 1. The Kier molecular flexibility index (Phi) is 8.35. The van der Waals surface area contributed by atoms with Gasteiger partial charge in [-0.2, -0.15) is 0 Å². The third-order valence-corrected chi connectivity index (χ3v) is 5.58. The number of carbonyl (C=O) groups is 1. The van der Waals surface area contributed by atoms with Crippen LogP contribution in [0, 0.1) is 0 Å². The second-order valence-electron chi connectivity index (χ2n) is 6.61. The zero-order valence-corrected chi connectivity index (χ0v) is 18.5. The molecule has 1 N–H and O–H groups in total. The lowest BCUT2D eigenvalue weighted by Gasteiger charge is -2.23. The number of anilines is 1. The quantitative estimate of drug-likeness (QED) is 0.543. The van der Waals surface area contributed by atoms with Gasteiger partial charge in [-0.25, -0.2) is 8.42 Å². The van der Waals surface area contributed by atoms with Crippen LogP contribution in [0.1, 0.15) is 12.0 Å². The van der Waals surface area contributed by atoms with Gasteiger partial charge in [-0.3, -0.25) is 9.10 Å². The molecule has 0 unspecified atom stereocenters. The molecule has 0 fully saturated rings. The lowest BCUT2D eigenvalue weighted by molar-refractivity contribution is -0.119. The molecule has 0 radical (unpaired) electrons. The Bertz CT molecular complexity index is 962. The average molecular weight is 437 g/mol. The molecule has 8 nitrogen and oxygen atoms in total. The van der Waals surface area contributed by atoms with Gasteiger partial charge < -0.3 is 19.5 Å². The molecule has 0 aromatic heterocycles. The minimum absolute atomic E-state index is 0.321. The van der Waals surface area contributed by atoms with E-state index >= 15 is 0 Å². The number of hydrogen-bond acceptors (Lipinski definition) is 6. The van der Waals surface area contributed by atoms with Crippen molar-refractivity contribution in [2.24, 2.45) is 0 Å². The van der Waals surface area contributed by atoms with Crippen molar-refractivity contribution in [3.05, 3.63) is 48.0 Å². The molecule has 0 atom stereocenters. The van der Waals surface area contributed by atoms with E-state index in [1.54, 1.807) is 19.2 Å². The Balaban J connectivity index is 1.97. The number of benzene rings is 2. The summed E-state index contributed by atoms with van der Waals surface area (Å²) < 4.78 is 41.2. The summed E-state index contributed by atoms with van der Waals surface area (Å²) in [4.78, 5) is 12.4. The molecule has 0 saturated carbocycles. The van der Waals surface area contributed by atoms with Gasteiger partial charge in [-0.1, -0.05) is 12.1 Å². The predicted molar refractivity (Wildman–Crippen MR) is 116 cm³/mol. The Labute approximate surface area is 177 Å². The largest absolute Gasteiger partial charge is 0.497 e. The van der Waals surface area contributed by atoms with Crippen LogP contribution in [0.5, 0.6) is 17.2 Å². The van der Waals surface area contributed by atoms with Crippen molar-refractivity contribution in [1.29, 1.82) is 0 Å². The summed E-state index contributed by atoms with van der Waals surface area (Å²) >= 11 is 0. The van der Waals surface area contributed by atoms with Crippen molar-refractivity contribution in [3.63, 3.8) is 0 Å². The SMILES string of the molecule is COc1cccc(CCCNC(=O)CN(c2ccc(OC)c(OC)c2)S(C)(=O)=O)c1. The molecule has 30 heavy (non-hydrogen) atoms. The van der Waals surface area contributed by atoms with Crippen molar-refractivity contribution in [2.75, 3.05) is 45.0 Å². The van der Waals surface area contributed by atoms with Crippen LogP contribution in [0.4, 0.5) is 5.69 Å². The number of hydrogen-bond donors (Lipinski definition) is 1. The molecule has 0 aliphatic rings. The number of nitrogens with one attached hydrogen (secondary N) is 1. The lowest BCUT2D eigenvalue weighted by atomic mass is 10.1. The van der Waals surface area contributed by atoms with Gasteiger partial charge in [-0.15, -0.1) is 0 Å². The molecular weight excluding hydrogens is 408 g/mol. The van der Waals surface area contributed by atoms with E-state index in [0.717, 1.165) is 28.3 Å². The summed E-state index contributed by atoms with van der Waals surface area (Å²) in [7, 11) is 0.890. The van der Waals surface area contributed by atoms with Gasteiger partial charge in [0.25, 0.3) is 0 Å². The molecule has 9 heteroatoms. The number of rotatable bonds is 11. The monoisotopic (exact) mass is 436 g/mol. The molecule has 2 rings (SSSR count). The Morgan fingerprint density at radius 3 is 2.37 bits per heavy atom. The van der Waals surface area contributed by atoms with E-state index in [1.165, 1.54) is 20.3 Å². The summed E-state index contributed by atoms with van der Waals surface area (Å²) in [5.41, 5.74) is 1.42. The number of amides is 1. The number of carbonyl (C=O) groups excluding carboxylic acids is 1. The van der Waals surface area contributed by atoms with Gasteiger partial charge in [0.2, 0.25) is 15.9 Å². The molecule has 164 valence electrons. The molecule has 0 saturated heterocycles. The van der Waals surface area contributed by atoms with E-state index in [2.05, 4.69) is 5.32 Å². The van der Waals surface area contributed by atoms with Gasteiger partial charge >= 0.3 is 0 Å². The van der Waals surface area contributed by atoms with Gasteiger partial charge in [0, 0.05) is 12.6 Å². The Hall–Kier alpha value is -2.94. The van der Waals surface area contributed by atoms with Crippen molar-refractivity contribution in [2.45, 2.75) is 12.8 Å². The molecule has 0 spiro atoms. The number of nitrogens with zero attached hydrogens (tertiary/aromatic N) is 1. The maximum absolute atomic E-state index is 12.4.